The fourth-order valence-electron chi connectivity index (χ4n) is 6.73. The van der Waals surface area contributed by atoms with Crippen molar-refractivity contribution in [2.45, 2.75) is 123 Å². The van der Waals surface area contributed by atoms with Crippen LogP contribution in [0.4, 0.5) is 0 Å². The maximum Gasteiger partial charge on any atom is 0.0782 e. The van der Waals surface area contributed by atoms with Crippen molar-refractivity contribution in [1.29, 1.82) is 5.26 Å². The Kier molecular flexibility index (Phi) is 8.50. The van der Waals surface area contributed by atoms with Crippen LogP contribution in [0, 0.1) is 40.4 Å². The topological polar surface area (TPSA) is 23.8 Å². The highest BCUT2D eigenvalue weighted by Gasteiger charge is 2.41. The van der Waals surface area contributed by atoms with Gasteiger partial charge < -0.3 is 0 Å². The van der Waals surface area contributed by atoms with Gasteiger partial charge in [0.25, 0.3) is 0 Å². The van der Waals surface area contributed by atoms with Crippen molar-refractivity contribution in [2.24, 2.45) is 29.1 Å². The maximum atomic E-state index is 10.1. The van der Waals surface area contributed by atoms with Crippen LogP contribution in [0.15, 0.2) is 11.6 Å². The third-order valence-electron chi connectivity index (χ3n) is 8.70. The predicted octanol–water partition coefficient (Wildman–Crippen LogP) is 8.60. The Labute approximate surface area is 175 Å². The Morgan fingerprint density at radius 1 is 0.857 bits per heavy atom. The molecule has 0 saturated heterocycles. The van der Waals surface area contributed by atoms with Gasteiger partial charge in [-0.25, -0.2) is 0 Å². The molecule has 0 aromatic carbocycles. The molecule has 0 aromatic heterocycles. The second-order valence-corrected chi connectivity index (χ2v) is 10.5. The van der Waals surface area contributed by atoms with Gasteiger partial charge in [-0.15, -0.1) is 0 Å². The zero-order chi connectivity index (χ0) is 19.8. The number of hydrogen-bond acceptors (Lipinski definition) is 1. The minimum absolute atomic E-state index is 0.0930. The van der Waals surface area contributed by atoms with Gasteiger partial charge >= 0.3 is 0 Å². The van der Waals surface area contributed by atoms with Crippen LogP contribution in [0.1, 0.15) is 123 Å². The van der Waals surface area contributed by atoms with Gasteiger partial charge in [0.1, 0.15) is 0 Å². The number of hydrogen-bond donors (Lipinski definition) is 0. The summed E-state index contributed by atoms with van der Waals surface area (Å²) >= 11 is 0. The van der Waals surface area contributed by atoms with Crippen molar-refractivity contribution in [3.8, 4) is 6.07 Å². The molecule has 3 aliphatic rings. The normalized spacial score (nSPS) is 36.5. The van der Waals surface area contributed by atoms with E-state index in [0.717, 1.165) is 36.5 Å². The van der Waals surface area contributed by atoms with Gasteiger partial charge in [0, 0.05) is 0 Å². The van der Waals surface area contributed by atoms with Crippen LogP contribution in [-0.2, 0) is 0 Å². The first-order chi connectivity index (χ1) is 13.7. The lowest BCUT2D eigenvalue weighted by molar-refractivity contribution is 0.131. The fraction of sp³-hybridized carbons (Fsp3) is 0.889. The van der Waals surface area contributed by atoms with Crippen LogP contribution in [0.25, 0.3) is 0 Å². The lowest BCUT2D eigenvalue weighted by atomic mass is 9.61. The molecule has 28 heavy (non-hydrogen) atoms. The number of nitriles is 1. The van der Waals surface area contributed by atoms with E-state index in [9.17, 15) is 5.26 Å². The van der Waals surface area contributed by atoms with E-state index in [4.69, 9.17) is 0 Å². The van der Waals surface area contributed by atoms with Crippen LogP contribution >= 0.6 is 0 Å². The molecule has 0 aliphatic heterocycles. The van der Waals surface area contributed by atoms with Gasteiger partial charge in [0.15, 0.2) is 0 Å². The number of rotatable bonds is 8. The van der Waals surface area contributed by atoms with E-state index in [2.05, 4.69) is 26.0 Å². The zero-order valence-electron chi connectivity index (χ0n) is 18.9. The first-order valence-corrected chi connectivity index (χ1v) is 12.8. The molecule has 0 unspecified atom stereocenters. The van der Waals surface area contributed by atoms with Crippen LogP contribution in [-0.4, -0.2) is 0 Å². The van der Waals surface area contributed by atoms with Crippen LogP contribution in [0.2, 0.25) is 0 Å². The number of nitrogens with zero attached hydrogens (tertiary/aromatic N) is 1. The lowest BCUT2D eigenvalue weighted by Crippen LogP contribution is -2.33. The largest absolute Gasteiger partial charge is 0.197 e. The summed E-state index contributed by atoms with van der Waals surface area (Å²) < 4.78 is 0. The third kappa shape index (κ3) is 5.43. The zero-order valence-corrected chi connectivity index (χ0v) is 18.9. The number of allylic oxidation sites excluding steroid dienone is 2. The van der Waals surface area contributed by atoms with Crippen molar-refractivity contribution in [3.05, 3.63) is 11.6 Å². The van der Waals surface area contributed by atoms with Gasteiger partial charge in [-0.05, 0) is 81.5 Å². The van der Waals surface area contributed by atoms with Crippen molar-refractivity contribution >= 4 is 0 Å². The quantitative estimate of drug-likeness (QED) is 0.304. The molecule has 0 N–H and O–H groups in total. The highest BCUT2D eigenvalue weighted by atomic mass is 14.5. The molecule has 158 valence electrons. The highest BCUT2D eigenvalue weighted by Crippen LogP contribution is 2.51. The van der Waals surface area contributed by atoms with E-state index >= 15 is 0 Å². The first kappa shape index (κ1) is 21.9. The second-order valence-electron chi connectivity index (χ2n) is 10.5. The van der Waals surface area contributed by atoms with Gasteiger partial charge in [0.05, 0.1) is 11.5 Å². The maximum absolute atomic E-state index is 10.1. The smallest absolute Gasteiger partial charge is 0.0782 e. The molecule has 0 aromatic rings. The molecule has 2 fully saturated rings. The molecular weight excluding hydrogens is 338 g/mol. The molecule has 3 aliphatic carbocycles. The first-order valence-electron chi connectivity index (χ1n) is 12.8. The minimum Gasteiger partial charge on any atom is -0.197 e. The second kappa shape index (κ2) is 10.8. The van der Waals surface area contributed by atoms with E-state index in [1.807, 2.05) is 0 Å². The summed E-state index contributed by atoms with van der Waals surface area (Å²) in [6, 6.07) is 2.83. The summed E-state index contributed by atoms with van der Waals surface area (Å²) in [4.78, 5) is 0. The summed E-state index contributed by atoms with van der Waals surface area (Å²) in [6.07, 6.45) is 25.4. The van der Waals surface area contributed by atoms with E-state index in [-0.39, 0.29) is 5.41 Å². The molecule has 1 atom stereocenters. The van der Waals surface area contributed by atoms with E-state index < -0.39 is 0 Å². The third-order valence-corrected chi connectivity index (χ3v) is 8.70. The van der Waals surface area contributed by atoms with E-state index in [1.165, 1.54) is 102 Å². The lowest BCUT2D eigenvalue weighted by Gasteiger charge is -2.42. The van der Waals surface area contributed by atoms with Crippen molar-refractivity contribution in [2.75, 3.05) is 0 Å². The molecule has 1 nitrogen and oxygen atoms in total. The summed E-state index contributed by atoms with van der Waals surface area (Å²) in [5.74, 6) is 3.78. The molecule has 2 saturated carbocycles. The monoisotopic (exact) mass is 383 g/mol. The minimum atomic E-state index is -0.0930. The standard InChI is InChI=1S/C27H45N/c1-3-5-6-8-23-11-15-26(16-12-23)27(21-28)19-17-25(18-20-27)24-13-9-22(7-4-2)10-14-24/h15,22-25H,3-14,16-20H2,1-2H3/t22?,23-,24?,25-,27-/m0/s1. The molecular formula is C27H45N. The molecule has 1 heteroatoms. The van der Waals surface area contributed by atoms with E-state index in [0.29, 0.717) is 0 Å². The van der Waals surface area contributed by atoms with Crippen molar-refractivity contribution < 1.29 is 0 Å². The molecule has 0 amide bonds. The number of unbranched alkanes of at least 4 members (excludes halogenated alkanes) is 2. The summed E-state index contributed by atoms with van der Waals surface area (Å²) in [6.45, 7) is 4.63. The van der Waals surface area contributed by atoms with Crippen LogP contribution in [0.5, 0.6) is 0 Å². The van der Waals surface area contributed by atoms with Gasteiger partial charge in [0.2, 0.25) is 0 Å². The molecule has 0 radical (unpaired) electrons. The SMILES string of the molecule is CCCCC[C@H]1CC=C([C@]2(C#N)CC[C@@H](C3CCC(CCC)CC3)CC2)CC1. The van der Waals surface area contributed by atoms with Gasteiger partial charge in [-0.2, -0.15) is 5.26 Å². The Balaban J connectivity index is 1.48. The van der Waals surface area contributed by atoms with E-state index in [1.54, 1.807) is 0 Å². The van der Waals surface area contributed by atoms with Crippen molar-refractivity contribution in [3.63, 3.8) is 0 Å². The molecule has 3 rings (SSSR count). The fourth-order valence-corrected chi connectivity index (χ4v) is 6.73. The summed E-state index contributed by atoms with van der Waals surface area (Å²) in [7, 11) is 0. The summed E-state index contributed by atoms with van der Waals surface area (Å²) in [5, 5.41) is 10.1. The Morgan fingerprint density at radius 3 is 2.14 bits per heavy atom. The van der Waals surface area contributed by atoms with Gasteiger partial charge in [-0.1, -0.05) is 76.9 Å². The Morgan fingerprint density at radius 2 is 1.57 bits per heavy atom. The molecule has 0 spiro atoms. The van der Waals surface area contributed by atoms with Gasteiger partial charge in [-0.3, -0.25) is 0 Å². The predicted molar refractivity (Wildman–Crippen MR) is 120 cm³/mol. The van der Waals surface area contributed by atoms with Crippen LogP contribution in [0.3, 0.4) is 0 Å². The summed E-state index contributed by atoms with van der Waals surface area (Å²) in [5.41, 5.74) is 1.44. The van der Waals surface area contributed by atoms with Crippen molar-refractivity contribution in [1.82, 2.24) is 0 Å². The Bertz CT molecular complexity index is 523. The Hall–Kier alpha value is -0.770. The molecule has 0 heterocycles. The molecule has 0 bridgehead atoms. The average molecular weight is 384 g/mol. The van der Waals surface area contributed by atoms with Crippen LogP contribution < -0.4 is 0 Å². The average Bonchev–Trinajstić information content (AvgIpc) is 2.75. The highest BCUT2D eigenvalue weighted by molar-refractivity contribution is 5.26.